The van der Waals surface area contributed by atoms with Crippen LogP contribution in [-0.2, 0) is 38.4 Å². The number of benzene rings is 2. The molecule has 1 fully saturated rings. The maximum Gasteiger partial charge on any atom is 0.316 e. The molecule has 1 aliphatic rings. The van der Waals surface area contributed by atoms with Crippen molar-refractivity contribution in [3.63, 3.8) is 0 Å². The second-order valence-corrected chi connectivity index (χ2v) is 11.3. The van der Waals surface area contributed by atoms with E-state index in [0.29, 0.717) is 5.39 Å². The van der Waals surface area contributed by atoms with Gasteiger partial charge in [0.2, 0.25) is 9.84 Å². The van der Waals surface area contributed by atoms with Crippen LogP contribution in [0.2, 0.25) is 0 Å². The molecule has 1 saturated heterocycles. The normalized spacial score (nSPS) is 20.5. The third-order valence-electron chi connectivity index (χ3n) is 3.35. The van der Waals surface area contributed by atoms with Gasteiger partial charge in [-0.05, 0) is 22.9 Å². The van der Waals surface area contributed by atoms with Gasteiger partial charge in [-0.1, -0.05) is 30.3 Å². The maximum atomic E-state index is 12.7. The summed E-state index contributed by atoms with van der Waals surface area (Å²) in [5.41, 5.74) is 0. The number of hydrogen-bond acceptors (Lipinski definition) is 8. The Hall–Kier alpha value is -0.530. The molecule has 1 radical (unpaired) electrons. The predicted octanol–water partition coefficient (Wildman–Crippen LogP) is 0.223. The summed E-state index contributed by atoms with van der Waals surface area (Å²) in [5, 5.41) is 1.24. The van der Waals surface area contributed by atoms with E-state index in [4.69, 9.17) is 0 Å². The molecule has 1 heterocycles. The third kappa shape index (κ3) is 3.93. The second-order valence-electron chi connectivity index (χ2n) is 4.97. The molecule has 12 heteroatoms. The molecular weight excluding hydrogens is 403 g/mol. The van der Waals surface area contributed by atoms with Gasteiger partial charge in [-0.15, -0.1) is 0 Å². The zero-order chi connectivity index (χ0) is 17.6. The summed E-state index contributed by atoms with van der Waals surface area (Å²) < 4.78 is 79.5. The quantitative estimate of drug-likeness (QED) is 0.505. The predicted molar refractivity (Wildman–Crippen MR) is 90.4 cm³/mol. The maximum absolute atomic E-state index is 12.7. The molecule has 0 N–H and O–H groups in total. The van der Waals surface area contributed by atoms with Crippen LogP contribution in [0.25, 0.3) is 10.8 Å². The van der Waals surface area contributed by atoms with Gasteiger partial charge in [0.1, 0.15) is 0 Å². The van der Waals surface area contributed by atoms with Crippen molar-refractivity contribution in [2.24, 2.45) is 0 Å². The molecule has 25 heavy (non-hydrogen) atoms. The molecule has 0 saturated carbocycles. The van der Waals surface area contributed by atoms with Gasteiger partial charge in [-0.3, -0.25) is 8.37 Å². The van der Waals surface area contributed by atoms with Gasteiger partial charge >= 0.3 is 24.2 Å². The van der Waals surface area contributed by atoms with Crippen molar-refractivity contribution in [2.75, 3.05) is 13.2 Å². The van der Waals surface area contributed by atoms with Crippen LogP contribution in [0.1, 0.15) is 0 Å². The molecule has 0 spiro atoms. The van der Waals surface area contributed by atoms with E-state index in [-0.39, 0.29) is 29.6 Å². The van der Waals surface area contributed by atoms with Gasteiger partial charge in [0, 0.05) is 29.6 Å². The van der Waals surface area contributed by atoms with Gasteiger partial charge in [0.25, 0.3) is 0 Å². The zero-order valence-electron chi connectivity index (χ0n) is 13.0. The first-order valence-electron chi connectivity index (χ1n) is 6.64. The fourth-order valence-corrected chi connectivity index (χ4v) is 8.89. The molecule has 131 valence electrons. The molecule has 3 rings (SSSR count). The van der Waals surface area contributed by atoms with Gasteiger partial charge in [-0.2, -0.15) is 16.8 Å². The zero-order valence-corrected chi connectivity index (χ0v) is 17.5. The van der Waals surface area contributed by atoms with E-state index < -0.39 is 52.1 Å². The Labute approximate surface area is 167 Å². The van der Waals surface area contributed by atoms with E-state index in [0.717, 1.165) is 11.5 Å². The summed E-state index contributed by atoms with van der Waals surface area (Å²) in [6.45, 7) is -1.16. The van der Waals surface area contributed by atoms with E-state index in [9.17, 15) is 25.3 Å². The molecule has 0 amide bonds. The van der Waals surface area contributed by atoms with Crippen molar-refractivity contribution in [1.29, 1.82) is 0 Å². The number of hydrogen-bond donors (Lipinski definition) is 0. The summed E-state index contributed by atoms with van der Waals surface area (Å²) in [6, 6.07) is 10.6. The van der Waals surface area contributed by atoms with Gasteiger partial charge < -0.3 is 0 Å². The van der Waals surface area contributed by atoms with Crippen molar-refractivity contribution in [1.82, 2.24) is 0 Å². The number of rotatable bonds is 2. The van der Waals surface area contributed by atoms with Crippen LogP contribution < -0.4 is 0 Å². The number of sulfone groups is 1. The topological polar surface area (TPSA) is 121 Å². The molecule has 0 atom stereocenters. The third-order valence-corrected chi connectivity index (χ3v) is 11.1. The van der Waals surface area contributed by atoms with Crippen LogP contribution in [0.4, 0.5) is 0 Å². The molecule has 0 aromatic heterocycles. The second kappa shape index (κ2) is 7.24. The Balaban J connectivity index is 0.00000225. The molecule has 2 aromatic rings. The minimum absolute atomic E-state index is 0. The smallest absolute Gasteiger partial charge is 0.266 e. The minimum atomic E-state index is -4.93. The van der Waals surface area contributed by atoms with Crippen molar-refractivity contribution >= 4 is 70.4 Å². The standard InChI is InChI=1S/C13H12O8S3.Na/c14-22(15,12-6-5-10-3-1-2-4-11(10)9-12)13-23(16,17)20-7-8-21-24(13,18)19;/h1-6,9,13H,7-8H2;. The fraction of sp³-hybridized carbons (Fsp3) is 0.231. The largest absolute Gasteiger partial charge is 0.316 e. The first kappa shape index (κ1) is 20.8. The Bertz CT molecular complexity index is 1070. The molecule has 0 bridgehead atoms. The van der Waals surface area contributed by atoms with Crippen LogP contribution >= 0.6 is 0 Å². The molecule has 2 aromatic carbocycles. The average Bonchev–Trinajstić information content (AvgIpc) is 2.61. The van der Waals surface area contributed by atoms with Gasteiger partial charge in [-0.25, -0.2) is 8.42 Å². The van der Waals surface area contributed by atoms with Crippen LogP contribution in [-0.4, -0.2) is 71.9 Å². The van der Waals surface area contributed by atoms with Crippen LogP contribution in [0.3, 0.4) is 0 Å². The Kier molecular flexibility index (Phi) is 6.01. The fourth-order valence-electron chi connectivity index (χ4n) is 2.32. The molecule has 0 unspecified atom stereocenters. The Morgan fingerprint density at radius 1 is 0.840 bits per heavy atom. The molecule has 0 aliphatic carbocycles. The Morgan fingerprint density at radius 3 is 1.92 bits per heavy atom. The van der Waals surface area contributed by atoms with Gasteiger partial charge in [0.05, 0.1) is 18.1 Å². The summed E-state index contributed by atoms with van der Waals surface area (Å²) in [6.07, 6.45) is 0. The van der Waals surface area contributed by atoms with E-state index in [1.807, 2.05) is 0 Å². The van der Waals surface area contributed by atoms with E-state index >= 15 is 0 Å². The van der Waals surface area contributed by atoms with Crippen LogP contribution in [0.5, 0.6) is 0 Å². The van der Waals surface area contributed by atoms with Crippen molar-refractivity contribution < 1.29 is 33.6 Å². The SMILES string of the molecule is O=S1(=O)OCCOS(=O)(=O)C1S(=O)(=O)c1ccc2ccccc2c1.[Na]. The summed E-state index contributed by atoms with van der Waals surface area (Å²) in [5.74, 6) is 0. The van der Waals surface area contributed by atoms with E-state index in [1.54, 1.807) is 24.3 Å². The van der Waals surface area contributed by atoms with Crippen LogP contribution in [0, 0.1) is 0 Å². The summed E-state index contributed by atoms with van der Waals surface area (Å²) >= 11 is 0. The molecule has 1 aliphatic heterocycles. The van der Waals surface area contributed by atoms with Crippen molar-refractivity contribution in [3.8, 4) is 0 Å². The minimum Gasteiger partial charge on any atom is -0.266 e. The first-order valence-corrected chi connectivity index (χ1v) is 11.1. The molecule has 8 nitrogen and oxygen atoms in total. The van der Waals surface area contributed by atoms with E-state index in [2.05, 4.69) is 8.37 Å². The summed E-state index contributed by atoms with van der Waals surface area (Å²) in [4.78, 5) is -0.451. The van der Waals surface area contributed by atoms with Crippen molar-refractivity contribution in [3.05, 3.63) is 42.5 Å². The monoisotopic (exact) mass is 415 g/mol. The summed E-state index contributed by atoms with van der Waals surface area (Å²) in [7, 11) is -14.7. The van der Waals surface area contributed by atoms with E-state index in [1.165, 1.54) is 12.1 Å². The number of fused-ring (bicyclic) bond motifs is 1. The van der Waals surface area contributed by atoms with Crippen LogP contribution in [0.15, 0.2) is 47.4 Å². The van der Waals surface area contributed by atoms with Gasteiger partial charge in [0.15, 0.2) is 0 Å². The Morgan fingerprint density at radius 2 is 1.36 bits per heavy atom. The molecular formula is C13H12NaO8S3. The average molecular weight is 415 g/mol. The first-order chi connectivity index (χ1) is 11.1. The van der Waals surface area contributed by atoms with Crippen molar-refractivity contribution in [2.45, 2.75) is 8.81 Å².